The molecule has 176 valence electrons. The molecule has 0 atom stereocenters. The highest BCUT2D eigenvalue weighted by Crippen LogP contribution is 2.43. The van der Waals surface area contributed by atoms with E-state index in [4.69, 9.17) is 39.5 Å². The van der Waals surface area contributed by atoms with Gasteiger partial charge in [0, 0.05) is 37.5 Å². The van der Waals surface area contributed by atoms with Crippen LogP contribution in [-0.4, -0.2) is 15.5 Å². The predicted molar refractivity (Wildman–Crippen MR) is 137 cm³/mol. The average Bonchev–Trinajstić information content (AvgIpc) is 3.23. The first-order valence-electron chi connectivity index (χ1n) is 9.85. The zero-order valence-corrected chi connectivity index (χ0v) is 21.5. The molecule has 0 radical (unpaired) electrons. The largest absolute Gasteiger partial charge is 0.497 e. The first-order valence-corrected chi connectivity index (χ1v) is 13.3. The lowest BCUT2D eigenvalue weighted by Crippen LogP contribution is -2.22. The minimum absolute atomic E-state index is 0.0242. The van der Waals surface area contributed by atoms with Gasteiger partial charge < -0.3 is 4.74 Å². The molecule has 4 rings (SSSR count). The highest BCUT2D eigenvalue weighted by atomic mass is 35.5. The van der Waals surface area contributed by atoms with E-state index in [1.807, 2.05) is 36.4 Å². The van der Waals surface area contributed by atoms with Gasteiger partial charge in [0.15, 0.2) is 0 Å². The molecule has 0 unspecified atom stereocenters. The maximum absolute atomic E-state index is 13.4. The summed E-state index contributed by atoms with van der Waals surface area (Å²) in [5.41, 5.74) is 2.54. The molecule has 34 heavy (non-hydrogen) atoms. The number of hydrogen-bond acceptors (Lipinski definition) is 4. The monoisotopic (exact) mass is 555 g/mol. The molecule has 4 nitrogen and oxygen atoms in total. The maximum atomic E-state index is 13.4. The number of methoxy groups -OCH3 is 1. The molecule has 0 fully saturated rings. The number of ether oxygens (including phenoxy) is 1. The number of benzene rings is 3. The van der Waals surface area contributed by atoms with E-state index in [-0.39, 0.29) is 16.5 Å². The minimum atomic E-state index is -3.91. The summed E-state index contributed by atoms with van der Waals surface area (Å²) >= 11 is 19.7. The molecule has 3 aromatic carbocycles. The van der Waals surface area contributed by atoms with Crippen LogP contribution in [0.4, 0.5) is 4.39 Å². The van der Waals surface area contributed by atoms with Crippen LogP contribution in [0.1, 0.15) is 4.88 Å². The van der Waals surface area contributed by atoms with Crippen molar-refractivity contribution in [3.05, 3.63) is 92.5 Å². The third-order valence-corrected chi connectivity index (χ3v) is 8.41. The smallest absolute Gasteiger partial charge is 0.240 e. The zero-order chi connectivity index (χ0) is 24.5. The van der Waals surface area contributed by atoms with Gasteiger partial charge in [-0.05, 0) is 66.2 Å². The third kappa shape index (κ3) is 5.40. The van der Waals surface area contributed by atoms with Gasteiger partial charge in [0.25, 0.3) is 0 Å². The third-order valence-electron chi connectivity index (χ3n) is 4.99. The lowest BCUT2D eigenvalue weighted by atomic mass is 10.0. The molecule has 0 spiro atoms. The van der Waals surface area contributed by atoms with E-state index >= 15 is 0 Å². The van der Waals surface area contributed by atoms with Crippen LogP contribution in [0, 0.1) is 5.82 Å². The van der Waals surface area contributed by atoms with Crippen LogP contribution in [0.25, 0.3) is 21.6 Å². The lowest BCUT2D eigenvalue weighted by molar-refractivity contribution is 0.415. The summed E-state index contributed by atoms with van der Waals surface area (Å²) < 4.78 is 46.7. The Kier molecular flexibility index (Phi) is 7.52. The van der Waals surface area contributed by atoms with Crippen molar-refractivity contribution in [3.63, 3.8) is 0 Å². The fourth-order valence-corrected chi connectivity index (χ4v) is 6.28. The fraction of sp³-hybridized carbons (Fsp3) is 0.0833. The Morgan fingerprint density at radius 3 is 2.29 bits per heavy atom. The van der Waals surface area contributed by atoms with E-state index in [1.54, 1.807) is 19.2 Å². The number of nitrogens with one attached hydrogen (secondary N) is 1. The molecule has 1 heterocycles. The molecular formula is C24H17Cl3FNO3S2. The van der Waals surface area contributed by atoms with Crippen molar-refractivity contribution in [2.24, 2.45) is 0 Å². The topological polar surface area (TPSA) is 55.4 Å². The van der Waals surface area contributed by atoms with Crippen LogP contribution in [-0.2, 0) is 16.6 Å². The van der Waals surface area contributed by atoms with Crippen LogP contribution in [0.2, 0.25) is 15.1 Å². The summed E-state index contributed by atoms with van der Waals surface area (Å²) in [4.78, 5) is 1.54. The van der Waals surface area contributed by atoms with Crippen molar-refractivity contribution >= 4 is 56.2 Å². The van der Waals surface area contributed by atoms with Gasteiger partial charge in [-0.15, -0.1) is 11.3 Å². The Labute approximate surface area is 215 Å². The van der Waals surface area contributed by atoms with Gasteiger partial charge in [0.1, 0.15) is 11.6 Å². The fourth-order valence-electron chi connectivity index (χ4n) is 3.29. The summed E-state index contributed by atoms with van der Waals surface area (Å²) in [5.74, 6) is 0.0322. The van der Waals surface area contributed by atoms with Gasteiger partial charge in [0.2, 0.25) is 10.0 Å². The summed E-state index contributed by atoms with van der Waals surface area (Å²) in [6.45, 7) is 0.0242. The minimum Gasteiger partial charge on any atom is -0.497 e. The molecule has 0 aliphatic heterocycles. The Morgan fingerprint density at radius 1 is 0.912 bits per heavy atom. The van der Waals surface area contributed by atoms with Crippen LogP contribution >= 0.6 is 46.1 Å². The first-order chi connectivity index (χ1) is 16.2. The number of halogens is 4. The SMILES string of the molecule is COc1ccc(-c2sc(CNS(=O)(=O)c3ccc(F)c(Cl)c3)cc2-c2ccc(Cl)cc2Cl)cc1. The molecule has 10 heteroatoms. The quantitative estimate of drug-likeness (QED) is 0.254. The summed E-state index contributed by atoms with van der Waals surface area (Å²) in [7, 11) is -2.31. The molecule has 0 aliphatic rings. The Morgan fingerprint density at radius 2 is 1.65 bits per heavy atom. The van der Waals surface area contributed by atoms with Gasteiger partial charge in [-0.1, -0.05) is 40.9 Å². The van der Waals surface area contributed by atoms with E-state index in [1.165, 1.54) is 17.4 Å². The van der Waals surface area contributed by atoms with E-state index in [9.17, 15) is 12.8 Å². The molecule has 0 amide bonds. The van der Waals surface area contributed by atoms with E-state index in [0.717, 1.165) is 44.3 Å². The van der Waals surface area contributed by atoms with Crippen molar-refractivity contribution in [1.29, 1.82) is 0 Å². The molecule has 0 aliphatic carbocycles. The highest BCUT2D eigenvalue weighted by Gasteiger charge is 2.19. The average molecular weight is 557 g/mol. The number of thiophene rings is 1. The molecule has 0 bridgehead atoms. The van der Waals surface area contributed by atoms with E-state index < -0.39 is 15.8 Å². The maximum Gasteiger partial charge on any atom is 0.240 e. The molecule has 0 saturated carbocycles. The van der Waals surface area contributed by atoms with Gasteiger partial charge >= 0.3 is 0 Å². The van der Waals surface area contributed by atoms with E-state index in [0.29, 0.717) is 10.0 Å². The van der Waals surface area contributed by atoms with Crippen molar-refractivity contribution in [1.82, 2.24) is 4.72 Å². The summed E-state index contributed by atoms with van der Waals surface area (Å²) in [6, 6.07) is 17.9. The van der Waals surface area contributed by atoms with Crippen LogP contribution < -0.4 is 9.46 Å². The normalized spacial score (nSPS) is 11.6. The molecule has 1 aromatic heterocycles. The number of sulfonamides is 1. The van der Waals surface area contributed by atoms with Gasteiger partial charge in [0.05, 0.1) is 17.0 Å². The van der Waals surface area contributed by atoms with Crippen LogP contribution in [0.15, 0.2) is 71.6 Å². The second kappa shape index (κ2) is 10.2. The van der Waals surface area contributed by atoms with E-state index in [2.05, 4.69) is 4.72 Å². The Balaban J connectivity index is 1.70. The van der Waals surface area contributed by atoms with Crippen molar-refractivity contribution in [2.75, 3.05) is 7.11 Å². The van der Waals surface area contributed by atoms with Gasteiger partial charge in [-0.25, -0.2) is 17.5 Å². The Hall–Kier alpha value is -2.13. The van der Waals surface area contributed by atoms with Gasteiger partial charge in [-0.2, -0.15) is 0 Å². The van der Waals surface area contributed by atoms with Gasteiger partial charge in [-0.3, -0.25) is 0 Å². The van der Waals surface area contributed by atoms with Crippen molar-refractivity contribution < 1.29 is 17.5 Å². The summed E-state index contributed by atoms with van der Waals surface area (Å²) in [6.07, 6.45) is 0. The Bertz CT molecular complexity index is 1460. The second-order valence-corrected chi connectivity index (χ2v) is 11.4. The molecule has 1 N–H and O–H groups in total. The standard InChI is InChI=1S/C24H17Cl3FNO3S2/c1-32-16-5-2-14(3-6-16)24-20(19-8-4-15(25)10-21(19)26)11-17(33-24)13-29-34(30,31)18-7-9-23(28)22(27)12-18/h2-12,29H,13H2,1H3. The molecule has 4 aromatic rings. The number of hydrogen-bond donors (Lipinski definition) is 1. The predicted octanol–water partition coefficient (Wildman–Crippen LogP) is 7.67. The summed E-state index contributed by atoms with van der Waals surface area (Å²) in [5, 5.41) is 0.731. The molecular weight excluding hydrogens is 540 g/mol. The molecule has 0 saturated heterocycles. The number of rotatable bonds is 7. The zero-order valence-electron chi connectivity index (χ0n) is 17.6. The second-order valence-electron chi connectivity index (χ2n) is 7.21. The van der Waals surface area contributed by atoms with Crippen LogP contribution in [0.5, 0.6) is 5.75 Å². The first kappa shape index (κ1) is 25.0. The lowest BCUT2D eigenvalue weighted by Gasteiger charge is -2.08. The highest BCUT2D eigenvalue weighted by molar-refractivity contribution is 7.89. The van der Waals surface area contributed by atoms with Crippen molar-refractivity contribution in [3.8, 4) is 27.3 Å². The van der Waals surface area contributed by atoms with Crippen LogP contribution in [0.3, 0.4) is 0 Å². The van der Waals surface area contributed by atoms with Crippen molar-refractivity contribution in [2.45, 2.75) is 11.4 Å².